The molecule has 0 aliphatic carbocycles. The van der Waals surface area contributed by atoms with Gasteiger partial charge in [0.2, 0.25) is 0 Å². The molecule has 1 heteroatoms. The third-order valence-corrected chi connectivity index (χ3v) is 2.74. The SMILES string of the molecule is C[C]=C1Nc2ccccc2C1(C)C. The Balaban J connectivity index is 2.60. The summed E-state index contributed by atoms with van der Waals surface area (Å²) in [6, 6.07) is 8.43. The van der Waals surface area contributed by atoms with E-state index < -0.39 is 0 Å². The van der Waals surface area contributed by atoms with Gasteiger partial charge in [0.25, 0.3) is 0 Å². The average molecular weight is 172 g/mol. The number of benzene rings is 1. The van der Waals surface area contributed by atoms with Gasteiger partial charge in [-0.15, -0.1) is 0 Å². The second kappa shape index (κ2) is 2.63. The van der Waals surface area contributed by atoms with Crippen LogP contribution < -0.4 is 5.32 Å². The molecule has 1 nitrogen and oxygen atoms in total. The van der Waals surface area contributed by atoms with Crippen LogP contribution in [-0.2, 0) is 5.41 Å². The number of allylic oxidation sites excluding steroid dienone is 2. The van der Waals surface area contributed by atoms with Crippen molar-refractivity contribution in [3.05, 3.63) is 41.6 Å². The maximum Gasteiger partial charge on any atom is 0.0424 e. The van der Waals surface area contributed by atoms with Gasteiger partial charge in [0.05, 0.1) is 0 Å². The summed E-state index contributed by atoms with van der Waals surface area (Å²) in [7, 11) is 0. The van der Waals surface area contributed by atoms with Crippen LogP contribution in [0.1, 0.15) is 26.3 Å². The monoisotopic (exact) mass is 172 g/mol. The molecule has 1 aliphatic rings. The fraction of sp³-hybridized carbons (Fsp3) is 0.333. The molecule has 0 unspecified atom stereocenters. The third-order valence-electron chi connectivity index (χ3n) is 2.74. The summed E-state index contributed by atoms with van der Waals surface area (Å²) in [5.41, 5.74) is 3.84. The highest BCUT2D eigenvalue weighted by Gasteiger charge is 2.33. The summed E-state index contributed by atoms with van der Waals surface area (Å²) in [5, 5.41) is 3.38. The van der Waals surface area contributed by atoms with Crippen LogP contribution in [0.15, 0.2) is 30.0 Å². The quantitative estimate of drug-likeness (QED) is 0.634. The van der Waals surface area contributed by atoms with Crippen LogP contribution in [0, 0.1) is 6.08 Å². The van der Waals surface area contributed by atoms with Gasteiger partial charge < -0.3 is 5.32 Å². The minimum absolute atomic E-state index is 0.0886. The molecule has 0 atom stereocenters. The van der Waals surface area contributed by atoms with E-state index in [1.807, 2.05) is 6.92 Å². The minimum Gasteiger partial charge on any atom is -0.358 e. The van der Waals surface area contributed by atoms with E-state index in [4.69, 9.17) is 0 Å². The number of nitrogens with one attached hydrogen (secondary N) is 1. The van der Waals surface area contributed by atoms with Gasteiger partial charge in [-0.1, -0.05) is 32.0 Å². The van der Waals surface area contributed by atoms with Crippen molar-refractivity contribution in [2.24, 2.45) is 0 Å². The Morgan fingerprint density at radius 3 is 2.54 bits per heavy atom. The number of hydrogen-bond acceptors (Lipinski definition) is 1. The summed E-state index contributed by atoms with van der Waals surface area (Å²) in [4.78, 5) is 0. The zero-order valence-electron chi connectivity index (χ0n) is 8.31. The largest absolute Gasteiger partial charge is 0.358 e. The lowest BCUT2D eigenvalue weighted by atomic mass is 9.84. The summed E-state index contributed by atoms with van der Waals surface area (Å²) in [6.07, 6.45) is 3.21. The van der Waals surface area contributed by atoms with Crippen molar-refractivity contribution in [2.75, 3.05) is 5.32 Å². The topological polar surface area (TPSA) is 12.0 Å². The predicted molar refractivity (Wildman–Crippen MR) is 55.5 cm³/mol. The third kappa shape index (κ3) is 1.07. The number of rotatable bonds is 0. The van der Waals surface area contributed by atoms with E-state index in [0.29, 0.717) is 0 Å². The minimum atomic E-state index is 0.0886. The molecule has 0 amide bonds. The molecule has 1 N–H and O–H groups in total. The molecule has 1 aromatic carbocycles. The van der Waals surface area contributed by atoms with Gasteiger partial charge in [0.1, 0.15) is 0 Å². The predicted octanol–water partition coefficient (Wildman–Crippen LogP) is 3.10. The maximum atomic E-state index is 3.38. The normalized spacial score (nSPS) is 21.3. The summed E-state index contributed by atoms with van der Waals surface area (Å²) >= 11 is 0. The van der Waals surface area contributed by atoms with Gasteiger partial charge >= 0.3 is 0 Å². The zero-order chi connectivity index (χ0) is 9.47. The smallest absolute Gasteiger partial charge is 0.0424 e. The Bertz CT molecular complexity index is 361. The molecule has 0 saturated heterocycles. The van der Waals surface area contributed by atoms with Crippen LogP contribution in [0.5, 0.6) is 0 Å². The highest BCUT2D eigenvalue weighted by atomic mass is 14.9. The first kappa shape index (κ1) is 8.36. The number of hydrogen-bond donors (Lipinski definition) is 1. The molecular formula is C12H14N. The average Bonchev–Trinajstić information content (AvgIpc) is 2.39. The van der Waals surface area contributed by atoms with Crippen molar-refractivity contribution in [1.82, 2.24) is 0 Å². The molecule has 13 heavy (non-hydrogen) atoms. The van der Waals surface area contributed by atoms with Crippen molar-refractivity contribution >= 4 is 5.69 Å². The van der Waals surface area contributed by atoms with E-state index in [-0.39, 0.29) is 5.41 Å². The van der Waals surface area contributed by atoms with Crippen molar-refractivity contribution in [3.8, 4) is 0 Å². The van der Waals surface area contributed by atoms with Gasteiger partial charge in [-0.2, -0.15) is 0 Å². The maximum absolute atomic E-state index is 3.38. The first-order chi connectivity index (χ1) is 6.16. The number of para-hydroxylation sites is 1. The van der Waals surface area contributed by atoms with Crippen molar-refractivity contribution in [2.45, 2.75) is 26.2 Å². The van der Waals surface area contributed by atoms with E-state index in [9.17, 15) is 0 Å². The first-order valence-corrected chi connectivity index (χ1v) is 4.58. The molecule has 1 aromatic rings. The van der Waals surface area contributed by atoms with Gasteiger partial charge in [-0.25, -0.2) is 0 Å². The van der Waals surface area contributed by atoms with Crippen LogP contribution >= 0.6 is 0 Å². The van der Waals surface area contributed by atoms with Crippen LogP contribution in [0.4, 0.5) is 5.69 Å². The molecule has 2 rings (SSSR count). The van der Waals surface area contributed by atoms with E-state index in [2.05, 4.69) is 49.5 Å². The van der Waals surface area contributed by atoms with Crippen molar-refractivity contribution < 1.29 is 0 Å². The molecule has 1 aliphatic heterocycles. The highest BCUT2D eigenvalue weighted by Crippen LogP contribution is 2.42. The Morgan fingerprint density at radius 1 is 1.23 bits per heavy atom. The lowest BCUT2D eigenvalue weighted by Gasteiger charge is -2.19. The van der Waals surface area contributed by atoms with Crippen LogP contribution in [0.3, 0.4) is 0 Å². The number of anilines is 1. The lowest BCUT2D eigenvalue weighted by Crippen LogP contribution is -2.16. The Morgan fingerprint density at radius 2 is 1.92 bits per heavy atom. The molecule has 0 aromatic heterocycles. The fourth-order valence-corrected chi connectivity index (χ4v) is 1.94. The summed E-state index contributed by atoms with van der Waals surface area (Å²) in [6.45, 7) is 6.39. The van der Waals surface area contributed by atoms with Crippen LogP contribution in [0.25, 0.3) is 0 Å². The first-order valence-electron chi connectivity index (χ1n) is 4.58. The molecule has 0 spiro atoms. The molecule has 0 saturated carbocycles. The Kier molecular flexibility index (Phi) is 1.69. The zero-order valence-corrected chi connectivity index (χ0v) is 8.31. The van der Waals surface area contributed by atoms with Gasteiger partial charge in [0, 0.05) is 16.8 Å². The van der Waals surface area contributed by atoms with Gasteiger partial charge in [-0.05, 0) is 24.6 Å². The van der Waals surface area contributed by atoms with E-state index >= 15 is 0 Å². The standard InChI is InChI=1S/C12H14N/c1-4-11-12(2,3)9-7-5-6-8-10(9)13-11/h5-8,13H,1-3H3. The summed E-state index contributed by atoms with van der Waals surface area (Å²) < 4.78 is 0. The Labute approximate surface area is 79.5 Å². The van der Waals surface area contributed by atoms with E-state index in [1.165, 1.54) is 16.9 Å². The molecule has 1 radical (unpaired) electrons. The highest BCUT2D eigenvalue weighted by molar-refractivity contribution is 5.67. The van der Waals surface area contributed by atoms with Crippen LogP contribution in [0.2, 0.25) is 0 Å². The van der Waals surface area contributed by atoms with Gasteiger partial charge in [-0.3, -0.25) is 0 Å². The van der Waals surface area contributed by atoms with Gasteiger partial charge in [0.15, 0.2) is 0 Å². The molecule has 0 bridgehead atoms. The number of fused-ring (bicyclic) bond motifs is 1. The van der Waals surface area contributed by atoms with E-state index in [0.717, 1.165) is 0 Å². The second-order valence-corrected chi connectivity index (χ2v) is 3.92. The molecule has 1 heterocycles. The van der Waals surface area contributed by atoms with E-state index in [1.54, 1.807) is 0 Å². The van der Waals surface area contributed by atoms with Crippen molar-refractivity contribution in [1.29, 1.82) is 0 Å². The lowest BCUT2D eigenvalue weighted by molar-refractivity contribution is 0.650. The fourth-order valence-electron chi connectivity index (χ4n) is 1.94. The molecular weight excluding hydrogens is 158 g/mol. The van der Waals surface area contributed by atoms with Crippen molar-refractivity contribution in [3.63, 3.8) is 0 Å². The Hall–Kier alpha value is -1.24. The molecule has 67 valence electrons. The summed E-state index contributed by atoms with van der Waals surface area (Å²) in [5.74, 6) is 0. The second-order valence-electron chi connectivity index (χ2n) is 3.92. The molecule has 0 fully saturated rings. The van der Waals surface area contributed by atoms with Crippen LogP contribution in [-0.4, -0.2) is 0 Å².